The van der Waals surface area contributed by atoms with E-state index in [4.69, 9.17) is 4.74 Å². The average Bonchev–Trinajstić information content (AvgIpc) is 2.70. The summed E-state index contributed by atoms with van der Waals surface area (Å²) in [6.45, 7) is 14.3. The number of fused-ring (bicyclic) bond motifs is 1. The molecule has 0 aliphatic heterocycles. The molecule has 0 bridgehead atoms. The lowest BCUT2D eigenvalue weighted by Crippen LogP contribution is -2.24. The number of rotatable bonds is 6. The second-order valence-corrected chi connectivity index (χ2v) is 8.37. The van der Waals surface area contributed by atoms with E-state index in [-0.39, 0.29) is 11.4 Å². The molecule has 0 amide bonds. The Bertz CT molecular complexity index is 922. The third-order valence-electron chi connectivity index (χ3n) is 5.95. The second-order valence-electron chi connectivity index (χ2n) is 8.37. The summed E-state index contributed by atoms with van der Waals surface area (Å²) in [7, 11) is 0. The molecular weight excluding hydrogens is 358 g/mol. The Hall–Kier alpha value is -2.55. The van der Waals surface area contributed by atoms with Crippen LogP contribution in [0, 0.1) is 6.92 Å². The van der Waals surface area contributed by atoms with Gasteiger partial charge in [0, 0.05) is 17.9 Å². The highest BCUT2D eigenvalue weighted by atomic mass is 16.5. The molecule has 1 aliphatic rings. The monoisotopic (exact) mass is 391 g/mol. The highest BCUT2D eigenvalue weighted by Gasteiger charge is 2.29. The number of allylic oxidation sites excluding steroid dienone is 2. The number of aryl methyl sites for hydroxylation is 1. The Morgan fingerprint density at radius 1 is 1.10 bits per heavy atom. The summed E-state index contributed by atoms with van der Waals surface area (Å²) >= 11 is 0. The van der Waals surface area contributed by atoms with Crippen molar-refractivity contribution in [2.24, 2.45) is 0 Å². The predicted octanol–water partition coefficient (Wildman–Crippen LogP) is 6.80. The fourth-order valence-electron chi connectivity index (χ4n) is 4.23. The molecule has 0 radical (unpaired) electrons. The number of hydrogen-bond acceptors (Lipinski definition) is 3. The number of carbonyl (C=O) groups excluding carboxylic acids is 1. The van der Waals surface area contributed by atoms with Crippen molar-refractivity contribution in [3.8, 4) is 0 Å². The van der Waals surface area contributed by atoms with Crippen LogP contribution in [0.25, 0.3) is 5.57 Å². The fraction of sp³-hybridized carbons (Fsp3) is 0.423. The summed E-state index contributed by atoms with van der Waals surface area (Å²) in [4.78, 5) is 14.3. The average molecular weight is 392 g/mol. The number of carbonyl (C=O) groups is 1. The molecule has 0 saturated heterocycles. The van der Waals surface area contributed by atoms with Crippen LogP contribution < -0.4 is 4.90 Å². The van der Waals surface area contributed by atoms with Gasteiger partial charge in [-0.25, -0.2) is 4.79 Å². The smallest absolute Gasteiger partial charge is 0.338 e. The number of esters is 1. The van der Waals surface area contributed by atoms with Gasteiger partial charge < -0.3 is 9.64 Å². The van der Waals surface area contributed by atoms with E-state index in [1.54, 1.807) is 0 Å². The standard InChI is InChI=1S/C26H33NO2/c1-7-19-14-15-26(5,6)23-17-24(18(4)16-22(19)23)27(8-2)21-12-10-20(11-13-21)25(28)29-9-3/h10-14,16-17H,7-9,15H2,1-6H3. The minimum absolute atomic E-state index is 0.129. The highest BCUT2D eigenvalue weighted by Crippen LogP contribution is 2.43. The van der Waals surface area contributed by atoms with Gasteiger partial charge in [0.15, 0.2) is 0 Å². The van der Waals surface area contributed by atoms with Crippen molar-refractivity contribution in [2.45, 2.75) is 59.8 Å². The number of benzene rings is 2. The minimum Gasteiger partial charge on any atom is -0.462 e. The Morgan fingerprint density at radius 2 is 1.79 bits per heavy atom. The van der Waals surface area contributed by atoms with Crippen LogP contribution in [0.1, 0.15) is 74.5 Å². The van der Waals surface area contributed by atoms with E-state index < -0.39 is 0 Å². The van der Waals surface area contributed by atoms with Gasteiger partial charge in [0.1, 0.15) is 0 Å². The van der Waals surface area contributed by atoms with Crippen LogP contribution in [-0.4, -0.2) is 19.1 Å². The van der Waals surface area contributed by atoms with Crippen LogP contribution >= 0.6 is 0 Å². The summed E-state index contributed by atoms with van der Waals surface area (Å²) < 4.78 is 5.11. The van der Waals surface area contributed by atoms with Gasteiger partial charge in [-0.1, -0.05) is 26.8 Å². The Morgan fingerprint density at radius 3 is 2.38 bits per heavy atom. The molecule has 0 spiro atoms. The van der Waals surface area contributed by atoms with Gasteiger partial charge in [-0.05, 0) is 97.7 Å². The van der Waals surface area contributed by atoms with Crippen LogP contribution in [0.3, 0.4) is 0 Å². The molecule has 0 aromatic heterocycles. The van der Waals surface area contributed by atoms with Gasteiger partial charge >= 0.3 is 5.97 Å². The molecule has 2 aromatic rings. The Balaban J connectivity index is 2.03. The molecule has 0 N–H and O–H groups in total. The molecule has 3 heteroatoms. The molecule has 154 valence electrons. The van der Waals surface area contributed by atoms with Crippen molar-refractivity contribution < 1.29 is 9.53 Å². The zero-order chi connectivity index (χ0) is 21.2. The summed E-state index contributed by atoms with van der Waals surface area (Å²) in [5.74, 6) is -0.271. The molecule has 3 rings (SSSR count). The summed E-state index contributed by atoms with van der Waals surface area (Å²) in [6, 6.07) is 12.5. The molecule has 0 unspecified atom stereocenters. The quantitative estimate of drug-likeness (QED) is 0.507. The predicted molar refractivity (Wildman–Crippen MR) is 122 cm³/mol. The lowest BCUT2D eigenvalue weighted by Gasteiger charge is -2.35. The van der Waals surface area contributed by atoms with E-state index in [0.29, 0.717) is 12.2 Å². The van der Waals surface area contributed by atoms with Crippen LogP contribution in [0.2, 0.25) is 0 Å². The van der Waals surface area contributed by atoms with Crippen molar-refractivity contribution >= 4 is 22.9 Å². The SMILES string of the molecule is CCOC(=O)c1ccc(N(CC)c2cc3c(cc2C)C(CC)=CCC3(C)C)cc1. The minimum atomic E-state index is -0.271. The van der Waals surface area contributed by atoms with Crippen LogP contribution in [0.4, 0.5) is 11.4 Å². The van der Waals surface area contributed by atoms with Gasteiger partial charge in [0.2, 0.25) is 0 Å². The maximum atomic E-state index is 12.0. The molecule has 0 heterocycles. The van der Waals surface area contributed by atoms with Crippen molar-refractivity contribution in [3.05, 3.63) is 64.7 Å². The summed E-state index contributed by atoms with van der Waals surface area (Å²) in [5.41, 5.74) is 8.60. The van der Waals surface area contributed by atoms with E-state index in [0.717, 1.165) is 25.1 Å². The molecule has 2 aromatic carbocycles. The van der Waals surface area contributed by atoms with Crippen molar-refractivity contribution in [1.82, 2.24) is 0 Å². The third-order valence-corrected chi connectivity index (χ3v) is 5.95. The lowest BCUT2D eigenvalue weighted by molar-refractivity contribution is 0.0526. The normalized spacial score (nSPS) is 14.8. The van der Waals surface area contributed by atoms with Gasteiger partial charge in [-0.15, -0.1) is 0 Å². The zero-order valence-electron chi connectivity index (χ0n) is 18.6. The van der Waals surface area contributed by atoms with Gasteiger partial charge in [0.25, 0.3) is 0 Å². The van der Waals surface area contributed by atoms with Gasteiger partial charge in [0.05, 0.1) is 12.2 Å². The largest absolute Gasteiger partial charge is 0.462 e. The zero-order valence-corrected chi connectivity index (χ0v) is 18.6. The lowest BCUT2D eigenvalue weighted by atomic mass is 9.72. The molecule has 1 aliphatic carbocycles. The topological polar surface area (TPSA) is 29.5 Å². The van der Waals surface area contributed by atoms with Crippen LogP contribution in [-0.2, 0) is 10.2 Å². The first-order chi connectivity index (χ1) is 13.8. The molecule has 0 saturated carbocycles. The van der Waals surface area contributed by atoms with Crippen LogP contribution in [0.5, 0.6) is 0 Å². The van der Waals surface area contributed by atoms with E-state index in [2.05, 4.69) is 57.7 Å². The first-order valence-corrected chi connectivity index (χ1v) is 10.7. The van der Waals surface area contributed by atoms with E-state index >= 15 is 0 Å². The maximum Gasteiger partial charge on any atom is 0.338 e. The van der Waals surface area contributed by atoms with Crippen LogP contribution in [0.15, 0.2) is 42.5 Å². The number of ether oxygens (including phenoxy) is 1. The molecule has 0 atom stereocenters. The molecular formula is C26H33NO2. The number of nitrogens with zero attached hydrogens (tertiary/aromatic N) is 1. The molecule has 3 nitrogen and oxygen atoms in total. The number of hydrogen-bond donors (Lipinski definition) is 0. The second kappa shape index (κ2) is 8.44. The van der Waals surface area contributed by atoms with Crippen molar-refractivity contribution in [3.63, 3.8) is 0 Å². The van der Waals surface area contributed by atoms with Gasteiger partial charge in [-0.3, -0.25) is 0 Å². The van der Waals surface area contributed by atoms with Gasteiger partial charge in [-0.2, -0.15) is 0 Å². The third kappa shape index (κ3) is 4.10. The highest BCUT2D eigenvalue weighted by molar-refractivity contribution is 5.90. The van der Waals surface area contributed by atoms with E-state index in [9.17, 15) is 4.79 Å². The molecule has 0 fully saturated rings. The first kappa shape index (κ1) is 21.2. The van der Waals surface area contributed by atoms with Crippen molar-refractivity contribution in [1.29, 1.82) is 0 Å². The molecule has 29 heavy (non-hydrogen) atoms. The van der Waals surface area contributed by atoms with E-state index in [1.807, 2.05) is 31.2 Å². The fourth-order valence-corrected chi connectivity index (χ4v) is 4.23. The van der Waals surface area contributed by atoms with Crippen molar-refractivity contribution in [2.75, 3.05) is 18.1 Å². The Labute approximate surface area is 175 Å². The Kier molecular flexibility index (Phi) is 6.16. The summed E-state index contributed by atoms with van der Waals surface area (Å²) in [6.07, 6.45) is 4.55. The maximum absolute atomic E-state index is 12.0. The van der Waals surface area contributed by atoms with E-state index in [1.165, 1.54) is 28.0 Å². The number of anilines is 2. The summed E-state index contributed by atoms with van der Waals surface area (Å²) in [5, 5.41) is 0. The first-order valence-electron chi connectivity index (χ1n) is 10.7.